The summed E-state index contributed by atoms with van der Waals surface area (Å²) in [4.78, 5) is 15.6. The van der Waals surface area contributed by atoms with Gasteiger partial charge in [-0.1, -0.05) is 176 Å². The van der Waals surface area contributed by atoms with E-state index in [0.717, 1.165) is 66.9 Å². The fourth-order valence-electron chi connectivity index (χ4n) is 8.24. The van der Waals surface area contributed by atoms with Gasteiger partial charge in [0.1, 0.15) is 0 Å². The predicted molar refractivity (Wildman–Crippen MR) is 242 cm³/mol. The van der Waals surface area contributed by atoms with Gasteiger partial charge in [0.25, 0.3) is 0 Å². The van der Waals surface area contributed by atoms with Gasteiger partial charge in [-0.05, 0) is 91.0 Å². The molecule has 11 rings (SSSR count). The van der Waals surface area contributed by atoms with Crippen LogP contribution in [0.5, 0.6) is 0 Å². The zero-order chi connectivity index (χ0) is 38.4. The molecule has 0 unspecified atom stereocenters. The number of aromatic nitrogens is 3. The Kier molecular flexibility index (Phi) is 8.15. The highest BCUT2D eigenvalue weighted by molar-refractivity contribution is 6.14. The maximum absolute atomic E-state index is 5.19. The molecule has 0 fully saturated rings. The minimum absolute atomic E-state index is 0.692. The van der Waals surface area contributed by atoms with E-state index < -0.39 is 0 Å². The lowest BCUT2D eigenvalue weighted by Gasteiger charge is -2.14. The van der Waals surface area contributed by atoms with Crippen molar-refractivity contribution in [1.82, 2.24) is 15.0 Å². The lowest BCUT2D eigenvalue weighted by atomic mass is 9.92. The molecular weight excluding hydrogens is 703 g/mol. The van der Waals surface area contributed by atoms with Crippen LogP contribution < -0.4 is 0 Å². The van der Waals surface area contributed by atoms with Gasteiger partial charge in [0.05, 0.1) is 22.6 Å². The summed E-state index contributed by atoms with van der Waals surface area (Å²) >= 11 is 0. The van der Waals surface area contributed by atoms with Crippen molar-refractivity contribution in [2.45, 2.75) is 0 Å². The quantitative estimate of drug-likeness (QED) is 0.160. The van der Waals surface area contributed by atoms with Crippen molar-refractivity contribution >= 4 is 43.2 Å². The predicted octanol–water partition coefficient (Wildman–Crippen LogP) is 14.5. The van der Waals surface area contributed by atoms with Crippen LogP contribution in [0.1, 0.15) is 0 Å². The fraction of sp³-hybridized carbons (Fsp3) is 0. The first-order chi connectivity index (χ1) is 28.7. The molecule has 2 heterocycles. The molecule has 0 saturated heterocycles. The van der Waals surface area contributed by atoms with Crippen molar-refractivity contribution in [2.75, 3.05) is 0 Å². The second-order valence-corrected chi connectivity index (χ2v) is 14.8. The average molecular weight is 738 g/mol. The molecule has 3 heteroatoms. The number of fused-ring (bicyclic) bond motifs is 5. The van der Waals surface area contributed by atoms with Crippen LogP contribution in [0, 0.1) is 0 Å². The molecule has 9 aromatic carbocycles. The summed E-state index contributed by atoms with van der Waals surface area (Å²) in [5, 5.41) is 8.34. The van der Waals surface area contributed by atoms with Crippen molar-refractivity contribution in [3.8, 4) is 67.4 Å². The van der Waals surface area contributed by atoms with Crippen LogP contribution in [0.2, 0.25) is 0 Å². The lowest BCUT2D eigenvalue weighted by molar-refractivity contribution is 1.18. The molecule has 11 aromatic rings. The summed E-state index contributed by atoms with van der Waals surface area (Å²) in [7, 11) is 0. The van der Waals surface area contributed by atoms with Gasteiger partial charge < -0.3 is 0 Å². The molecule has 0 N–H and O–H groups in total. The fourth-order valence-corrected chi connectivity index (χ4v) is 8.24. The van der Waals surface area contributed by atoms with Gasteiger partial charge in [-0.25, -0.2) is 15.0 Å². The van der Waals surface area contributed by atoms with Gasteiger partial charge >= 0.3 is 0 Å². The smallest absolute Gasteiger partial charge is 0.160 e. The molecule has 0 saturated carbocycles. The molecule has 2 aromatic heterocycles. The molecule has 58 heavy (non-hydrogen) atoms. The number of hydrogen-bond donors (Lipinski definition) is 0. The highest BCUT2D eigenvalue weighted by Gasteiger charge is 2.15. The second kappa shape index (κ2) is 14.1. The molecule has 0 spiro atoms. The number of benzene rings is 9. The van der Waals surface area contributed by atoms with Crippen molar-refractivity contribution in [2.24, 2.45) is 0 Å². The Morgan fingerprint density at radius 3 is 1.47 bits per heavy atom. The molecule has 0 atom stereocenters. The standard InChI is InChI=1S/C55H35N3/c1-2-14-40(15-3-1)51-34-49(54-48-20-9-8-13-39(48)29-30-50(54)56-51)45-19-10-18-44(31-45)38-21-25-41(26-22-38)55-57-52(46-27-23-36-11-4-6-16-42(36)32-46)35-53(58-55)47-28-24-37-12-5-7-17-43(37)33-47/h1-35H. The van der Waals surface area contributed by atoms with Crippen LogP contribution >= 0.6 is 0 Å². The Morgan fingerprint density at radius 1 is 0.259 bits per heavy atom. The highest BCUT2D eigenvalue weighted by atomic mass is 14.9. The third kappa shape index (κ3) is 6.16. The molecule has 3 nitrogen and oxygen atoms in total. The van der Waals surface area contributed by atoms with Gasteiger partial charge in [0.2, 0.25) is 0 Å². The molecule has 0 aliphatic rings. The van der Waals surface area contributed by atoms with Crippen LogP contribution in [-0.2, 0) is 0 Å². The van der Waals surface area contributed by atoms with E-state index in [1.54, 1.807) is 0 Å². The van der Waals surface area contributed by atoms with E-state index in [-0.39, 0.29) is 0 Å². The third-order valence-electron chi connectivity index (χ3n) is 11.2. The van der Waals surface area contributed by atoms with Crippen LogP contribution in [0.3, 0.4) is 0 Å². The van der Waals surface area contributed by atoms with Crippen LogP contribution in [-0.4, -0.2) is 15.0 Å². The molecule has 270 valence electrons. The van der Waals surface area contributed by atoms with Crippen LogP contribution in [0.25, 0.3) is 111 Å². The number of hydrogen-bond acceptors (Lipinski definition) is 3. The minimum Gasteiger partial charge on any atom is -0.248 e. The van der Waals surface area contributed by atoms with Crippen molar-refractivity contribution < 1.29 is 0 Å². The zero-order valence-corrected chi connectivity index (χ0v) is 31.5. The van der Waals surface area contributed by atoms with Crippen molar-refractivity contribution in [1.29, 1.82) is 0 Å². The third-order valence-corrected chi connectivity index (χ3v) is 11.2. The summed E-state index contributed by atoms with van der Waals surface area (Å²) in [5.74, 6) is 0.692. The molecular formula is C55H35N3. The van der Waals surface area contributed by atoms with Crippen molar-refractivity contribution in [3.63, 3.8) is 0 Å². The van der Waals surface area contributed by atoms with E-state index in [0.29, 0.717) is 5.82 Å². The van der Waals surface area contributed by atoms with E-state index in [1.165, 1.54) is 37.9 Å². The van der Waals surface area contributed by atoms with Crippen LogP contribution in [0.15, 0.2) is 212 Å². The topological polar surface area (TPSA) is 38.7 Å². The summed E-state index contributed by atoms with van der Waals surface area (Å²) in [6.45, 7) is 0. The summed E-state index contributed by atoms with van der Waals surface area (Å²) in [5.41, 5.74) is 12.5. The monoisotopic (exact) mass is 737 g/mol. The Hall–Kier alpha value is -7.75. The van der Waals surface area contributed by atoms with E-state index in [1.807, 2.05) is 6.07 Å². The molecule has 0 radical (unpaired) electrons. The van der Waals surface area contributed by atoms with Crippen LogP contribution in [0.4, 0.5) is 0 Å². The normalized spacial score (nSPS) is 11.4. The number of pyridine rings is 1. The van der Waals surface area contributed by atoms with Gasteiger partial charge in [-0.15, -0.1) is 0 Å². The number of rotatable bonds is 6. The first-order valence-corrected chi connectivity index (χ1v) is 19.7. The Bertz CT molecular complexity index is 3240. The van der Waals surface area contributed by atoms with E-state index in [2.05, 4.69) is 206 Å². The number of nitrogens with zero attached hydrogens (tertiary/aromatic N) is 3. The highest BCUT2D eigenvalue weighted by Crippen LogP contribution is 2.38. The Morgan fingerprint density at radius 2 is 0.776 bits per heavy atom. The zero-order valence-electron chi connectivity index (χ0n) is 31.5. The second-order valence-electron chi connectivity index (χ2n) is 14.8. The first-order valence-electron chi connectivity index (χ1n) is 19.7. The summed E-state index contributed by atoms with van der Waals surface area (Å²) in [6.07, 6.45) is 0. The first kappa shape index (κ1) is 33.6. The van der Waals surface area contributed by atoms with Crippen molar-refractivity contribution in [3.05, 3.63) is 212 Å². The van der Waals surface area contributed by atoms with E-state index in [9.17, 15) is 0 Å². The average Bonchev–Trinajstić information content (AvgIpc) is 3.31. The maximum atomic E-state index is 5.19. The maximum Gasteiger partial charge on any atom is 0.160 e. The SMILES string of the molecule is c1ccc(-c2cc(-c3cccc(-c4ccc(-c5nc(-c6ccc7ccccc7c6)cc(-c6ccc7ccccc7c6)n5)cc4)c3)c3c(ccc4ccccc43)n2)cc1. The molecule has 0 aliphatic carbocycles. The summed E-state index contributed by atoms with van der Waals surface area (Å²) in [6, 6.07) is 75.3. The summed E-state index contributed by atoms with van der Waals surface area (Å²) < 4.78 is 0. The van der Waals surface area contributed by atoms with Gasteiger partial charge in [0.15, 0.2) is 5.82 Å². The lowest BCUT2D eigenvalue weighted by Crippen LogP contribution is -1.96. The molecule has 0 amide bonds. The Labute approximate surface area is 336 Å². The molecule has 0 bridgehead atoms. The Balaban J connectivity index is 1.01. The van der Waals surface area contributed by atoms with Gasteiger partial charge in [0, 0.05) is 27.6 Å². The largest absolute Gasteiger partial charge is 0.248 e. The van der Waals surface area contributed by atoms with E-state index >= 15 is 0 Å². The van der Waals surface area contributed by atoms with E-state index in [4.69, 9.17) is 15.0 Å². The van der Waals surface area contributed by atoms with Gasteiger partial charge in [-0.3, -0.25) is 0 Å². The van der Waals surface area contributed by atoms with Gasteiger partial charge in [-0.2, -0.15) is 0 Å². The molecule has 0 aliphatic heterocycles. The minimum atomic E-state index is 0.692.